The van der Waals surface area contributed by atoms with Crippen molar-refractivity contribution in [2.75, 3.05) is 11.4 Å². The van der Waals surface area contributed by atoms with Crippen LogP contribution < -0.4 is 10.2 Å². The molecule has 23 heavy (non-hydrogen) atoms. The fourth-order valence-corrected chi connectivity index (χ4v) is 2.88. The van der Waals surface area contributed by atoms with Crippen molar-refractivity contribution in [1.82, 2.24) is 10.3 Å². The van der Waals surface area contributed by atoms with Crippen molar-refractivity contribution < 1.29 is 9.59 Å². The van der Waals surface area contributed by atoms with Crippen LogP contribution in [0.25, 0.3) is 0 Å². The van der Waals surface area contributed by atoms with E-state index in [9.17, 15) is 9.59 Å². The largest absolute Gasteiger partial charge is 0.351 e. The summed E-state index contributed by atoms with van der Waals surface area (Å²) in [5.74, 6) is -0.982. The number of carbonyl (C=O) groups is 2. The molecule has 0 radical (unpaired) electrons. The van der Waals surface area contributed by atoms with Crippen LogP contribution in [-0.2, 0) is 16.1 Å². The SMILES string of the molecule is O=C(NCc1cccnc1)[C@@H]1CCN(c2ccc(Br)cc2)C1=O. The van der Waals surface area contributed by atoms with Crippen molar-refractivity contribution in [1.29, 1.82) is 0 Å². The highest BCUT2D eigenvalue weighted by molar-refractivity contribution is 9.10. The minimum absolute atomic E-state index is 0.143. The Morgan fingerprint density at radius 3 is 2.78 bits per heavy atom. The normalized spacial score (nSPS) is 17.3. The average Bonchev–Trinajstić information content (AvgIpc) is 2.96. The van der Waals surface area contributed by atoms with Crippen LogP contribution in [0.5, 0.6) is 0 Å². The van der Waals surface area contributed by atoms with E-state index >= 15 is 0 Å². The Hall–Kier alpha value is -2.21. The van der Waals surface area contributed by atoms with Gasteiger partial charge in [0.2, 0.25) is 11.8 Å². The number of halogens is 1. The summed E-state index contributed by atoms with van der Waals surface area (Å²) in [6.07, 6.45) is 3.92. The zero-order valence-electron chi connectivity index (χ0n) is 12.4. The lowest BCUT2D eigenvalue weighted by Gasteiger charge is -2.16. The number of anilines is 1. The number of benzene rings is 1. The molecule has 0 unspecified atom stereocenters. The van der Waals surface area contributed by atoms with Gasteiger partial charge in [-0.1, -0.05) is 22.0 Å². The molecule has 1 fully saturated rings. The number of hydrogen-bond donors (Lipinski definition) is 1. The molecule has 0 bridgehead atoms. The summed E-state index contributed by atoms with van der Waals surface area (Å²) in [6.45, 7) is 0.945. The van der Waals surface area contributed by atoms with Crippen molar-refractivity contribution in [3.05, 3.63) is 58.8 Å². The lowest BCUT2D eigenvalue weighted by Crippen LogP contribution is -2.36. The number of amides is 2. The van der Waals surface area contributed by atoms with Crippen molar-refractivity contribution in [3.63, 3.8) is 0 Å². The maximum Gasteiger partial charge on any atom is 0.239 e. The first-order valence-corrected chi connectivity index (χ1v) is 8.18. The first-order valence-electron chi connectivity index (χ1n) is 7.39. The molecule has 0 spiro atoms. The van der Waals surface area contributed by atoms with E-state index in [1.165, 1.54) is 0 Å². The van der Waals surface area contributed by atoms with Crippen molar-refractivity contribution in [3.8, 4) is 0 Å². The second-order valence-electron chi connectivity index (χ2n) is 5.39. The summed E-state index contributed by atoms with van der Waals surface area (Å²) in [7, 11) is 0. The third kappa shape index (κ3) is 3.59. The summed E-state index contributed by atoms with van der Waals surface area (Å²) in [5.41, 5.74) is 1.73. The van der Waals surface area contributed by atoms with E-state index < -0.39 is 5.92 Å². The van der Waals surface area contributed by atoms with E-state index in [0.717, 1.165) is 15.7 Å². The lowest BCUT2D eigenvalue weighted by atomic mass is 10.1. The van der Waals surface area contributed by atoms with E-state index in [1.54, 1.807) is 17.3 Å². The maximum absolute atomic E-state index is 12.5. The van der Waals surface area contributed by atoms with Crippen LogP contribution in [-0.4, -0.2) is 23.3 Å². The Morgan fingerprint density at radius 1 is 1.30 bits per heavy atom. The van der Waals surface area contributed by atoms with Gasteiger partial charge in [-0.25, -0.2) is 0 Å². The molecule has 0 aliphatic carbocycles. The van der Waals surface area contributed by atoms with Crippen LogP contribution in [0, 0.1) is 5.92 Å². The van der Waals surface area contributed by atoms with Crippen LogP contribution in [0.4, 0.5) is 5.69 Å². The van der Waals surface area contributed by atoms with E-state index in [-0.39, 0.29) is 11.8 Å². The summed E-state index contributed by atoms with van der Waals surface area (Å²) in [6, 6.07) is 11.2. The fraction of sp³-hybridized carbons (Fsp3) is 0.235. The second-order valence-corrected chi connectivity index (χ2v) is 6.30. The highest BCUT2D eigenvalue weighted by Gasteiger charge is 2.37. The van der Waals surface area contributed by atoms with Crippen molar-refractivity contribution in [2.45, 2.75) is 13.0 Å². The Kier molecular flexibility index (Phi) is 4.71. The van der Waals surface area contributed by atoms with E-state index in [4.69, 9.17) is 0 Å². The fourth-order valence-electron chi connectivity index (χ4n) is 2.62. The molecule has 1 atom stereocenters. The first-order chi connectivity index (χ1) is 11.1. The van der Waals surface area contributed by atoms with Gasteiger partial charge in [-0.05, 0) is 42.3 Å². The molecule has 2 amide bonds. The molecule has 5 nitrogen and oxygen atoms in total. The van der Waals surface area contributed by atoms with Crippen LogP contribution in [0.15, 0.2) is 53.3 Å². The van der Waals surface area contributed by atoms with Crippen LogP contribution in [0.2, 0.25) is 0 Å². The Labute approximate surface area is 142 Å². The molecule has 1 saturated heterocycles. The highest BCUT2D eigenvalue weighted by atomic mass is 79.9. The van der Waals surface area contributed by atoms with Crippen molar-refractivity contribution in [2.24, 2.45) is 5.92 Å². The Bertz CT molecular complexity index is 704. The molecular weight excluding hydrogens is 358 g/mol. The predicted octanol–water partition coefficient (Wildman–Crippen LogP) is 2.51. The van der Waals surface area contributed by atoms with Gasteiger partial charge in [-0.3, -0.25) is 14.6 Å². The van der Waals surface area contributed by atoms with Gasteiger partial charge in [0.05, 0.1) is 0 Å². The van der Waals surface area contributed by atoms with E-state index in [0.29, 0.717) is 19.5 Å². The number of nitrogens with zero attached hydrogens (tertiary/aromatic N) is 2. The molecular formula is C17H16BrN3O2. The molecule has 3 rings (SSSR count). The topological polar surface area (TPSA) is 62.3 Å². The summed E-state index contributed by atoms with van der Waals surface area (Å²) >= 11 is 3.37. The summed E-state index contributed by atoms with van der Waals surface area (Å²) < 4.78 is 0.957. The molecule has 1 aromatic heterocycles. The van der Waals surface area contributed by atoms with Gasteiger partial charge < -0.3 is 10.2 Å². The maximum atomic E-state index is 12.5. The first kappa shape index (κ1) is 15.7. The number of nitrogens with one attached hydrogen (secondary N) is 1. The van der Waals surface area contributed by atoms with Crippen molar-refractivity contribution >= 4 is 33.4 Å². The number of carbonyl (C=O) groups excluding carboxylic acids is 2. The number of aromatic nitrogens is 1. The van der Waals surface area contributed by atoms with Gasteiger partial charge in [-0.2, -0.15) is 0 Å². The van der Waals surface area contributed by atoms with Crippen LogP contribution in [0.3, 0.4) is 0 Å². The van der Waals surface area contributed by atoms with Gasteiger partial charge in [-0.15, -0.1) is 0 Å². The molecule has 2 aromatic rings. The van der Waals surface area contributed by atoms with Gasteiger partial charge in [0, 0.05) is 35.6 Å². The monoisotopic (exact) mass is 373 g/mol. The highest BCUT2D eigenvalue weighted by Crippen LogP contribution is 2.26. The molecule has 0 saturated carbocycles. The molecule has 6 heteroatoms. The smallest absolute Gasteiger partial charge is 0.239 e. The zero-order chi connectivity index (χ0) is 16.2. The molecule has 1 aliphatic rings. The molecule has 1 aliphatic heterocycles. The predicted molar refractivity (Wildman–Crippen MR) is 90.7 cm³/mol. The third-order valence-corrected chi connectivity index (χ3v) is 4.38. The van der Waals surface area contributed by atoms with Crippen LogP contribution >= 0.6 is 15.9 Å². The quantitative estimate of drug-likeness (QED) is 0.837. The standard InChI is InChI=1S/C17H16BrN3O2/c18-13-3-5-14(6-4-13)21-9-7-15(17(21)23)16(22)20-11-12-2-1-8-19-10-12/h1-6,8,10,15H,7,9,11H2,(H,20,22)/t15-/m0/s1. The average molecular weight is 374 g/mol. The second kappa shape index (κ2) is 6.91. The number of rotatable bonds is 4. The Balaban J connectivity index is 1.62. The minimum atomic E-state index is -0.615. The molecule has 2 heterocycles. The van der Waals surface area contributed by atoms with Gasteiger partial charge in [0.15, 0.2) is 0 Å². The minimum Gasteiger partial charge on any atom is -0.351 e. The van der Waals surface area contributed by atoms with Gasteiger partial charge in [0.1, 0.15) is 5.92 Å². The Morgan fingerprint density at radius 2 is 2.09 bits per heavy atom. The lowest BCUT2D eigenvalue weighted by molar-refractivity contribution is -0.132. The van der Waals surface area contributed by atoms with E-state index in [2.05, 4.69) is 26.2 Å². The number of hydrogen-bond acceptors (Lipinski definition) is 3. The summed E-state index contributed by atoms with van der Waals surface area (Å²) in [4.78, 5) is 30.4. The van der Waals surface area contributed by atoms with E-state index in [1.807, 2.05) is 36.4 Å². The van der Waals surface area contributed by atoms with Crippen LogP contribution in [0.1, 0.15) is 12.0 Å². The molecule has 1 N–H and O–H groups in total. The van der Waals surface area contributed by atoms with Gasteiger partial charge in [0.25, 0.3) is 0 Å². The van der Waals surface area contributed by atoms with Gasteiger partial charge >= 0.3 is 0 Å². The molecule has 118 valence electrons. The molecule has 1 aromatic carbocycles. The third-order valence-electron chi connectivity index (χ3n) is 3.85. The number of pyridine rings is 1. The zero-order valence-corrected chi connectivity index (χ0v) is 14.0. The summed E-state index contributed by atoms with van der Waals surface area (Å²) in [5, 5.41) is 2.82.